The van der Waals surface area contributed by atoms with Crippen molar-refractivity contribution in [3.05, 3.63) is 52.5 Å². The van der Waals surface area contributed by atoms with Crippen molar-refractivity contribution in [1.29, 1.82) is 0 Å². The standard InChI is InChI=1S/C27H32ClN5O9S/c1-3-32(9-8-23(34)41-4-2)27(38)33-14-17(11-21(33)26(36)37)42-16-7-5-6-15(10-16)24-30-20-13-19(28)22(43(29,39)40)12-18(20)25(35)31-24/h5-7,10,12-13,17,21,24,30H,3-4,8-9,11,14H2,1-2H3,(H,31,35)(H,36,37)(H2,29,39,40)/t17-,21-,24?/m0/s1. The summed E-state index contributed by atoms with van der Waals surface area (Å²) in [6.45, 7) is 4.00. The highest BCUT2D eigenvalue weighted by Gasteiger charge is 2.42. The number of esters is 1. The van der Waals surface area contributed by atoms with Crippen LogP contribution >= 0.6 is 11.6 Å². The number of sulfonamides is 1. The third-order valence-electron chi connectivity index (χ3n) is 7.03. The molecule has 1 unspecified atom stereocenters. The Kier molecular flexibility index (Phi) is 9.67. The van der Waals surface area contributed by atoms with Gasteiger partial charge in [-0.1, -0.05) is 23.7 Å². The van der Waals surface area contributed by atoms with Crippen LogP contribution in [0.2, 0.25) is 5.02 Å². The molecule has 0 saturated carbocycles. The zero-order valence-corrected chi connectivity index (χ0v) is 25.0. The Morgan fingerprint density at radius 2 is 1.93 bits per heavy atom. The minimum absolute atomic E-state index is 0.00655. The molecule has 5 N–H and O–H groups in total. The number of nitrogens with two attached hydrogens (primary N) is 1. The highest BCUT2D eigenvalue weighted by atomic mass is 35.5. The molecule has 0 aliphatic carbocycles. The number of nitrogens with zero attached hydrogens (tertiary/aromatic N) is 2. The number of benzene rings is 2. The number of likely N-dealkylation sites (tertiary alicyclic amines) is 1. The van der Waals surface area contributed by atoms with Crippen LogP contribution in [0.1, 0.15) is 48.8 Å². The van der Waals surface area contributed by atoms with Gasteiger partial charge in [-0.3, -0.25) is 9.59 Å². The summed E-state index contributed by atoms with van der Waals surface area (Å²) in [4.78, 5) is 52.1. The Morgan fingerprint density at radius 3 is 2.58 bits per heavy atom. The molecule has 3 amide bonds. The molecule has 1 fully saturated rings. The maximum Gasteiger partial charge on any atom is 0.326 e. The number of hydrogen-bond donors (Lipinski definition) is 4. The van der Waals surface area contributed by atoms with Crippen LogP contribution in [0.25, 0.3) is 0 Å². The van der Waals surface area contributed by atoms with Crippen molar-refractivity contribution in [1.82, 2.24) is 15.1 Å². The summed E-state index contributed by atoms with van der Waals surface area (Å²) in [7, 11) is -4.15. The molecule has 2 heterocycles. The number of rotatable bonds is 10. The van der Waals surface area contributed by atoms with E-state index in [9.17, 15) is 32.7 Å². The first-order valence-electron chi connectivity index (χ1n) is 13.5. The van der Waals surface area contributed by atoms with Gasteiger partial charge in [0.25, 0.3) is 5.91 Å². The Morgan fingerprint density at radius 1 is 1.19 bits per heavy atom. The van der Waals surface area contributed by atoms with Gasteiger partial charge in [-0.15, -0.1) is 0 Å². The van der Waals surface area contributed by atoms with Gasteiger partial charge >= 0.3 is 18.0 Å². The van der Waals surface area contributed by atoms with Crippen molar-refractivity contribution in [2.45, 2.75) is 49.9 Å². The molecule has 4 rings (SSSR count). The highest BCUT2D eigenvalue weighted by molar-refractivity contribution is 7.89. The molecule has 2 aliphatic heterocycles. The first-order chi connectivity index (χ1) is 20.3. The van der Waals surface area contributed by atoms with Gasteiger partial charge < -0.3 is 35.0 Å². The van der Waals surface area contributed by atoms with E-state index in [0.717, 1.165) is 6.07 Å². The number of carbonyl (C=O) groups is 4. The van der Waals surface area contributed by atoms with E-state index in [1.165, 1.54) is 15.9 Å². The number of aliphatic carboxylic acids is 1. The molecule has 0 spiro atoms. The number of halogens is 1. The molecular formula is C27H32ClN5O9S. The maximum atomic E-state index is 13.2. The van der Waals surface area contributed by atoms with E-state index in [4.69, 9.17) is 26.2 Å². The number of primary sulfonamides is 1. The molecule has 0 bridgehead atoms. The number of carboxylic acid groups (broad SMARTS) is 1. The van der Waals surface area contributed by atoms with Crippen molar-refractivity contribution in [2.75, 3.05) is 31.6 Å². The topological polar surface area (TPSA) is 198 Å². The Hall–Kier alpha value is -4.08. The van der Waals surface area contributed by atoms with Gasteiger partial charge in [-0.05, 0) is 43.7 Å². The van der Waals surface area contributed by atoms with E-state index in [0.29, 0.717) is 17.0 Å². The Balaban J connectivity index is 1.47. The minimum Gasteiger partial charge on any atom is -0.488 e. The zero-order valence-electron chi connectivity index (χ0n) is 23.4. The lowest BCUT2D eigenvalue weighted by Crippen LogP contribution is -2.48. The van der Waals surface area contributed by atoms with Gasteiger partial charge in [0, 0.05) is 19.5 Å². The van der Waals surface area contributed by atoms with Crippen molar-refractivity contribution in [3.8, 4) is 5.75 Å². The maximum absolute atomic E-state index is 13.2. The summed E-state index contributed by atoms with van der Waals surface area (Å²) in [6, 6.07) is 7.50. The molecule has 2 aromatic rings. The lowest BCUT2D eigenvalue weighted by molar-refractivity contribution is -0.144. The smallest absolute Gasteiger partial charge is 0.326 e. The molecule has 2 aliphatic rings. The van der Waals surface area contributed by atoms with Gasteiger partial charge in [-0.25, -0.2) is 23.1 Å². The number of ether oxygens (including phenoxy) is 2. The Labute approximate surface area is 253 Å². The van der Waals surface area contributed by atoms with Gasteiger partial charge in [0.15, 0.2) is 0 Å². The molecule has 16 heteroatoms. The molecule has 14 nitrogen and oxygen atoms in total. The van der Waals surface area contributed by atoms with Gasteiger partial charge in [0.2, 0.25) is 10.0 Å². The average molecular weight is 638 g/mol. The monoisotopic (exact) mass is 637 g/mol. The molecule has 0 radical (unpaired) electrons. The lowest BCUT2D eigenvalue weighted by atomic mass is 10.1. The number of amides is 3. The van der Waals surface area contributed by atoms with Crippen molar-refractivity contribution >= 4 is 51.2 Å². The second-order valence-electron chi connectivity index (χ2n) is 9.90. The van der Waals surface area contributed by atoms with E-state index in [2.05, 4.69) is 10.6 Å². The molecule has 43 heavy (non-hydrogen) atoms. The number of hydrogen-bond acceptors (Lipinski definition) is 9. The second kappa shape index (κ2) is 13.1. The Bertz CT molecular complexity index is 1540. The largest absolute Gasteiger partial charge is 0.488 e. The fourth-order valence-corrected chi connectivity index (χ4v) is 6.06. The van der Waals surface area contributed by atoms with Crippen LogP contribution in [-0.2, 0) is 24.3 Å². The molecule has 0 aromatic heterocycles. The number of nitrogens with one attached hydrogen (secondary N) is 2. The van der Waals surface area contributed by atoms with E-state index in [1.54, 1.807) is 38.1 Å². The third kappa shape index (κ3) is 7.29. The number of anilines is 1. The van der Waals surface area contributed by atoms with Gasteiger partial charge in [-0.2, -0.15) is 0 Å². The quantitative estimate of drug-likeness (QED) is 0.280. The van der Waals surface area contributed by atoms with Crippen LogP contribution in [0, 0.1) is 0 Å². The van der Waals surface area contributed by atoms with Crippen LogP contribution in [0.15, 0.2) is 41.3 Å². The number of carbonyl (C=O) groups excluding carboxylic acids is 3. The molecule has 1 saturated heterocycles. The van der Waals surface area contributed by atoms with E-state index in [-0.39, 0.29) is 54.6 Å². The summed E-state index contributed by atoms with van der Waals surface area (Å²) >= 11 is 6.10. The number of fused-ring (bicyclic) bond motifs is 1. The number of carboxylic acids is 1. The van der Waals surface area contributed by atoms with Crippen molar-refractivity contribution in [2.24, 2.45) is 5.14 Å². The van der Waals surface area contributed by atoms with Crippen molar-refractivity contribution < 1.29 is 42.2 Å². The van der Waals surface area contributed by atoms with E-state index >= 15 is 0 Å². The lowest BCUT2D eigenvalue weighted by Gasteiger charge is -2.29. The third-order valence-corrected chi connectivity index (χ3v) is 8.41. The fraction of sp³-hybridized carbons (Fsp3) is 0.407. The van der Waals surface area contributed by atoms with Crippen molar-refractivity contribution in [3.63, 3.8) is 0 Å². The molecular weight excluding hydrogens is 606 g/mol. The van der Waals surface area contributed by atoms with Crippen LogP contribution in [-0.4, -0.2) is 85.6 Å². The highest BCUT2D eigenvalue weighted by Crippen LogP contribution is 2.34. The summed E-state index contributed by atoms with van der Waals surface area (Å²) in [6.07, 6.45) is -1.35. The summed E-state index contributed by atoms with van der Waals surface area (Å²) < 4.78 is 34.6. The van der Waals surface area contributed by atoms with E-state index < -0.39 is 52.2 Å². The first-order valence-corrected chi connectivity index (χ1v) is 15.4. The SMILES string of the molecule is CCOC(=O)CCN(CC)C(=O)N1C[C@@H](Oc2cccc(C3NC(=O)c4cc(S(N)(=O)=O)c(Cl)cc4N3)c2)C[C@H]1C(=O)O. The van der Waals surface area contributed by atoms with Gasteiger partial charge in [0.05, 0.1) is 35.8 Å². The van der Waals surface area contributed by atoms with Gasteiger partial charge in [0.1, 0.15) is 29.0 Å². The number of urea groups is 1. The summed E-state index contributed by atoms with van der Waals surface area (Å²) in [5.74, 6) is -1.80. The average Bonchev–Trinajstić information content (AvgIpc) is 3.36. The minimum atomic E-state index is -4.15. The molecule has 232 valence electrons. The van der Waals surface area contributed by atoms with E-state index in [1.807, 2.05) is 0 Å². The van der Waals surface area contributed by atoms with Crippen LogP contribution in [0.3, 0.4) is 0 Å². The zero-order chi connectivity index (χ0) is 31.5. The first kappa shape index (κ1) is 31.8. The van der Waals surface area contributed by atoms with Crippen LogP contribution in [0.4, 0.5) is 10.5 Å². The fourth-order valence-electron chi connectivity index (χ4n) is 4.96. The predicted molar refractivity (Wildman–Crippen MR) is 154 cm³/mol. The predicted octanol–water partition coefficient (Wildman–Crippen LogP) is 2.14. The molecule has 2 aromatic carbocycles. The second-order valence-corrected chi connectivity index (χ2v) is 11.8. The van der Waals surface area contributed by atoms with Crippen LogP contribution < -0.4 is 20.5 Å². The summed E-state index contributed by atoms with van der Waals surface area (Å²) in [5.41, 5.74) is 0.936. The molecule has 3 atom stereocenters. The normalized spacial score (nSPS) is 19.6. The van der Waals surface area contributed by atoms with Crippen LogP contribution in [0.5, 0.6) is 5.75 Å². The summed E-state index contributed by atoms with van der Waals surface area (Å²) in [5, 5.41) is 20.7.